The maximum atomic E-state index is 12.7. The summed E-state index contributed by atoms with van der Waals surface area (Å²) >= 11 is 5.44. The van der Waals surface area contributed by atoms with Crippen LogP contribution in [0.1, 0.15) is 39.0 Å². The molecular weight excluding hydrogens is 151 g/mol. The SMILES string of the molecule is CCCC(F)CCCCCl. The van der Waals surface area contributed by atoms with E-state index < -0.39 is 6.17 Å². The van der Waals surface area contributed by atoms with E-state index in [0.717, 1.165) is 19.3 Å². The van der Waals surface area contributed by atoms with Gasteiger partial charge in [-0.05, 0) is 25.7 Å². The minimum atomic E-state index is -0.590. The number of hydrogen-bond donors (Lipinski definition) is 0. The van der Waals surface area contributed by atoms with E-state index in [0.29, 0.717) is 18.7 Å². The molecule has 10 heavy (non-hydrogen) atoms. The Balaban J connectivity index is 2.97. The van der Waals surface area contributed by atoms with Crippen molar-refractivity contribution >= 4 is 11.6 Å². The lowest BCUT2D eigenvalue weighted by Crippen LogP contribution is -1.98. The fraction of sp³-hybridized carbons (Fsp3) is 1.00. The van der Waals surface area contributed by atoms with E-state index in [4.69, 9.17) is 11.6 Å². The highest BCUT2D eigenvalue weighted by molar-refractivity contribution is 6.17. The third kappa shape index (κ3) is 6.34. The van der Waals surface area contributed by atoms with Crippen LogP contribution in [0, 0.1) is 0 Å². The molecule has 1 atom stereocenters. The van der Waals surface area contributed by atoms with Crippen LogP contribution in [-0.4, -0.2) is 12.1 Å². The normalized spacial score (nSPS) is 13.5. The van der Waals surface area contributed by atoms with Crippen molar-refractivity contribution < 1.29 is 4.39 Å². The molecule has 0 fully saturated rings. The second kappa shape index (κ2) is 7.33. The van der Waals surface area contributed by atoms with Gasteiger partial charge in [-0.2, -0.15) is 0 Å². The summed E-state index contributed by atoms with van der Waals surface area (Å²) in [4.78, 5) is 0. The fourth-order valence-corrected chi connectivity index (χ4v) is 1.11. The van der Waals surface area contributed by atoms with Crippen molar-refractivity contribution in [3.05, 3.63) is 0 Å². The number of unbranched alkanes of at least 4 members (excludes halogenated alkanes) is 1. The van der Waals surface area contributed by atoms with Crippen molar-refractivity contribution in [2.75, 3.05) is 5.88 Å². The van der Waals surface area contributed by atoms with Crippen molar-refractivity contribution in [3.63, 3.8) is 0 Å². The van der Waals surface area contributed by atoms with Crippen LogP contribution in [-0.2, 0) is 0 Å². The molecule has 0 amide bonds. The lowest BCUT2D eigenvalue weighted by atomic mass is 10.1. The standard InChI is InChI=1S/C8H16ClF/c1-2-5-8(10)6-3-4-7-9/h8H,2-7H2,1H3. The monoisotopic (exact) mass is 166 g/mol. The van der Waals surface area contributed by atoms with Gasteiger partial charge in [-0.15, -0.1) is 11.6 Å². The molecule has 62 valence electrons. The van der Waals surface area contributed by atoms with Crippen molar-refractivity contribution in [3.8, 4) is 0 Å². The molecule has 0 saturated carbocycles. The molecule has 0 aromatic carbocycles. The lowest BCUT2D eigenvalue weighted by molar-refractivity contribution is 0.288. The van der Waals surface area contributed by atoms with Gasteiger partial charge in [-0.1, -0.05) is 13.3 Å². The first-order valence-corrected chi connectivity index (χ1v) is 4.54. The van der Waals surface area contributed by atoms with Gasteiger partial charge in [0.1, 0.15) is 6.17 Å². The molecular formula is C8H16ClF. The van der Waals surface area contributed by atoms with Gasteiger partial charge in [0, 0.05) is 5.88 Å². The van der Waals surface area contributed by atoms with Gasteiger partial charge in [0.25, 0.3) is 0 Å². The fourth-order valence-electron chi connectivity index (χ4n) is 0.918. The Morgan fingerprint density at radius 2 is 2.00 bits per heavy atom. The van der Waals surface area contributed by atoms with E-state index in [1.165, 1.54) is 0 Å². The van der Waals surface area contributed by atoms with Crippen LogP contribution in [0.5, 0.6) is 0 Å². The average Bonchev–Trinajstić information content (AvgIpc) is 1.89. The molecule has 0 N–H and O–H groups in total. The second-order valence-corrected chi connectivity index (χ2v) is 2.95. The molecule has 0 radical (unpaired) electrons. The maximum Gasteiger partial charge on any atom is 0.100 e. The molecule has 0 rings (SSSR count). The zero-order valence-corrected chi connectivity index (χ0v) is 7.33. The lowest BCUT2D eigenvalue weighted by Gasteiger charge is -2.03. The summed E-state index contributed by atoms with van der Waals surface area (Å²) in [6.07, 6.45) is 3.65. The summed E-state index contributed by atoms with van der Waals surface area (Å²) in [5, 5.41) is 0. The molecule has 0 aliphatic rings. The maximum absolute atomic E-state index is 12.7. The zero-order valence-electron chi connectivity index (χ0n) is 6.58. The number of alkyl halides is 2. The molecule has 0 heterocycles. The highest BCUT2D eigenvalue weighted by Gasteiger charge is 2.02. The molecule has 2 heteroatoms. The van der Waals surface area contributed by atoms with E-state index in [-0.39, 0.29) is 0 Å². The minimum Gasteiger partial charge on any atom is -0.247 e. The van der Waals surface area contributed by atoms with Gasteiger partial charge in [-0.3, -0.25) is 0 Å². The van der Waals surface area contributed by atoms with E-state index in [9.17, 15) is 4.39 Å². The quantitative estimate of drug-likeness (QED) is 0.418. The van der Waals surface area contributed by atoms with E-state index >= 15 is 0 Å². The Bertz CT molecular complexity index is 66.3. The third-order valence-electron chi connectivity index (χ3n) is 1.50. The predicted molar refractivity (Wildman–Crippen MR) is 44.4 cm³/mol. The van der Waals surface area contributed by atoms with Crippen molar-refractivity contribution in [2.24, 2.45) is 0 Å². The molecule has 0 spiro atoms. The molecule has 0 nitrogen and oxygen atoms in total. The Morgan fingerprint density at radius 1 is 1.30 bits per heavy atom. The minimum absolute atomic E-state index is 0.590. The van der Waals surface area contributed by atoms with Gasteiger partial charge in [-0.25, -0.2) is 4.39 Å². The number of rotatable bonds is 6. The molecule has 0 aliphatic heterocycles. The first-order chi connectivity index (χ1) is 4.81. The summed E-state index contributed by atoms with van der Waals surface area (Å²) in [5.41, 5.74) is 0. The Kier molecular flexibility index (Phi) is 7.49. The van der Waals surface area contributed by atoms with Crippen LogP contribution in [0.15, 0.2) is 0 Å². The zero-order chi connectivity index (χ0) is 7.82. The van der Waals surface area contributed by atoms with Crippen LogP contribution >= 0.6 is 11.6 Å². The second-order valence-electron chi connectivity index (χ2n) is 2.57. The van der Waals surface area contributed by atoms with Gasteiger partial charge < -0.3 is 0 Å². The van der Waals surface area contributed by atoms with Gasteiger partial charge >= 0.3 is 0 Å². The van der Waals surface area contributed by atoms with Crippen LogP contribution in [0.4, 0.5) is 4.39 Å². The summed E-state index contributed by atoms with van der Waals surface area (Å²) in [6, 6.07) is 0. The van der Waals surface area contributed by atoms with Gasteiger partial charge in [0.2, 0.25) is 0 Å². The van der Waals surface area contributed by atoms with Crippen LogP contribution in [0.2, 0.25) is 0 Å². The number of halogens is 2. The highest BCUT2D eigenvalue weighted by Crippen LogP contribution is 2.10. The Morgan fingerprint density at radius 3 is 2.50 bits per heavy atom. The first kappa shape index (κ1) is 10.2. The summed E-state index contributed by atoms with van der Waals surface area (Å²) in [5.74, 6) is 0.666. The van der Waals surface area contributed by atoms with Crippen LogP contribution < -0.4 is 0 Å². The highest BCUT2D eigenvalue weighted by atomic mass is 35.5. The van der Waals surface area contributed by atoms with Gasteiger partial charge in [0.15, 0.2) is 0 Å². The van der Waals surface area contributed by atoms with E-state index in [2.05, 4.69) is 0 Å². The van der Waals surface area contributed by atoms with E-state index in [1.807, 2.05) is 6.92 Å². The first-order valence-electron chi connectivity index (χ1n) is 4.01. The van der Waals surface area contributed by atoms with Crippen molar-refractivity contribution in [1.82, 2.24) is 0 Å². The predicted octanol–water partition coefficient (Wildman–Crippen LogP) is 3.53. The van der Waals surface area contributed by atoms with Crippen molar-refractivity contribution in [2.45, 2.75) is 45.2 Å². The van der Waals surface area contributed by atoms with Crippen LogP contribution in [0.25, 0.3) is 0 Å². The summed E-state index contributed by atoms with van der Waals surface area (Å²) in [7, 11) is 0. The topological polar surface area (TPSA) is 0 Å². The van der Waals surface area contributed by atoms with Gasteiger partial charge in [0.05, 0.1) is 0 Å². The summed E-state index contributed by atoms with van der Waals surface area (Å²) in [6.45, 7) is 2.01. The molecule has 0 bridgehead atoms. The molecule has 0 aromatic rings. The molecule has 0 aromatic heterocycles. The summed E-state index contributed by atoms with van der Waals surface area (Å²) < 4.78 is 12.7. The average molecular weight is 167 g/mol. The molecule has 0 saturated heterocycles. The Labute approximate surface area is 67.8 Å². The molecule has 0 aliphatic carbocycles. The largest absolute Gasteiger partial charge is 0.247 e. The van der Waals surface area contributed by atoms with E-state index in [1.54, 1.807) is 0 Å². The smallest absolute Gasteiger partial charge is 0.100 e. The van der Waals surface area contributed by atoms with Crippen LogP contribution in [0.3, 0.4) is 0 Å². The number of hydrogen-bond acceptors (Lipinski definition) is 0. The molecule has 1 unspecified atom stereocenters. The third-order valence-corrected chi connectivity index (χ3v) is 1.77. The Hall–Kier alpha value is 0.220. The van der Waals surface area contributed by atoms with Crippen molar-refractivity contribution in [1.29, 1.82) is 0 Å².